The second-order valence-corrected chi connectivity index (χ2v) is 7.47. The van der Waals surface area contributed by atoms with Crippen molar-refractivity contribution in [3.05, 3.63) is 89.9 Å². The smallest absolute Gasteiger partial charge is 0.137 e. The van der Waals surface area contributed by atoms with Crippen molar-refractivity contribution in [2.45, 2.75) is 25.8 Å². The lowest BCUT2D eigenvalue weighted by molar-refractivity contribution is 0.327. The summed E-state index contributed by atoms with van der Waals surface area (Å²) in [5, 5.41) is 0. The first-order valence-electron chi connectivity index (χ1n) is 10.1. The SMILES string of the molecule is C1=C(c2cccnc2)N(c2cccc(CN3CCCC3)n2)c2ccccc2C1. The van der Waals surface area contributed by atoms with Crippen LogP contribution in [0.2, 0.25) is 0 Å². The van der Waals surface area contributed by atoms with Gasteiger partial charge in [-0.25, -0.2) is 4.98 Å². The average Bonchev–Trinajstić information content (AvgIpc) is 3.27. The van der Waals surface area contributed by atoms with Crippen LogP contribution in [0, 0.1) is 0 Å². The maximum Gasteiger partial charge on any atom is 0.137 e. The average molecular weight is 368 g/mol. The number of allylic oxidation sites excluding steroid dienone is 1. The van der Waals surface area contributed by atoms with Crippen LogP contribution in [-0.4, -0.2) is 28.0 Å². The molecular weight excluding hydrogens is 344 g/mol. The van der Waals surface area contributed by atoms with Gasteiger partial charge in [-0.1, -0.05) is 30.3 Å². The van der Waals surface area contributed by atoms with Crippen molar-refractivity contribution in [1.29, 1.82) is 0 Å². The molecule has 140 valence electrons. The number of nitrogens with zero attached hydrogens (tertiary/aromatic N) is 4. The van der Waals surface area contributed by atoms with E-state index in [-0.39, 0.29) is 0 Å². The summed E-state index contributed by atoms with van der Waals surface area (Å²) in [4.78, 5) is 14.2. The van der Waals surface area contributed by atoms with E-state index < -0.39 is 0 Å². The quantitative estimate of drug-likeness (QED) is 0.662. The fraction of sp³-hybridized carbons (Fsp3) is 0.250. The second-order valence-electron chi connectivity index (χ2n) is 7.47. The Kier molecular flexibility index (Phi) is 4.63. The summed E-state index contributed by atoms with van der Waals surface area (Å²) in [5.41, 5.74) is 5.92. The third-order valence-corrected chi connectivity index (χ3v) is 5.55. The minimum absolute atomic E-state index is 0.921. The zero-order valence-electron chi connectivity index (χ0n) is 16.0. The Labute approximate surface area is 166 Å². The number of benzene rings is 1. The molecule has 0 unspecified atom stereocenters. The number of anilines is 2. The molecule has 4 heteroatoms. The van der Waals surface area contributed by atoms with Crippen LogP contribution in [0.15, 0.2) is 73.1 Å². The summed E-state index contributed by atoms with van der Waals surface area (Å²) in [5.74, 6) is 0.971. The third kappa shape index (κ3) is 3.32. The molecule has 2 aromatic heterocycles. The van der Waals surface area contributed by atoms with E-state index in [1.165, 1.54) is 37.2 Å². The van der Waals surface area contributed by atoms with Crippen LogP contribution in [0.5, 0.6) is 0 Å². The monoisotopic (exact) mass is 368 g/mol. The van der Waals surface area contributed by atoms with Crippen LogP contribution in [0.3, 0.4) is 0 Å². The van der Waals surface area contributed by atoms with Gasteiger partial charge in [-0.05, 0) is 68.2 Å². The second kappa shape index (κ2) is 7.56. The molecule has 1 fully saturated rings. The van der Waals surface area contributed by atoms with E-state index in [0.717, 1.165) is 35.7 Å². The Balaban J connectivity index is 1.56. The zero-order valence-corrected chi connectivity index (χ0v) is 16.0. The molecule has 0 amide bonds. The lowest BCUT2D eigenvalue weighted by Crippen LogP contribution is -2.23. The third-order valence-electron chi connectivity index (χ3n) is 5.55. The van der Waals surface area contributed by atoms with E-state index in [1.807, 2.05) is 18.5 Å². The summed E-state index contributed by atoms with van der Waals surface area (Å²) in [6, 6.07) is 19.1. The Bertz CT molecular complexity index is 990. The topological polar surface area (TPSA) is 32.3 Å². The Morgan fingerprint density at radius 1 is 0.893 bits per heavy atom. The Morgan fingerprint density at radius 3 is 2.64 bits per heavy atom. The molecule has 0 radical (unpaired) electrons. The van der Waals surface area contributed by atoms with Crippen LogP contribution in [0.1, 0.15) is 29.7 Å². The highest BCUT2D eigenvalue weighted by atomic mass is 15.2. The molecule has 3 aromatic rings. The van der Waals surface area contributed by atoms with E-state index >= 15 is 0 Å². The van der Waals surface area contributed by atoms with Gasteiger partial charge in [0.15, 0.2) is 0 Å². The fourth-order valence-electron chi connectivity index (χ4n) is 4.19. The highest BCUT2D eigenvalue weighted by Crippen LogP contribution is 2.39. The largest absolute Gasteiger partial charge is 0.298 e. The van der Waals surface area contributed by atoms with Crippen LogP contribution in [0.4, 0.5) is 11.5 Å². The molecule has 0 saturated carbocycles. The van der Waals surface area contributed by atoms with Crippen molar-refractivity contribution in [3.8, 4) is 0 Å². The fourth-order valence-corrected chi connectivity index (χ4v) is 4.19. The number of rotatable bonds is 4. The van der Waals surface area contributed by atoms with Gasteiger partial charge in [0.1, 0.15) is 5.82 Å². The molecule has 4 heterocycles. The molecule has 0 aliphatic carbocycles. The molecule has 0 N–H and O–H groups in total. The number of hydrogen-bond donors (Lipinski definition) is 0. The Morgan fingerprint density at radius 2 is 1.79 bits per heavy atom. The van der Waals surface area contributed by atoms with Crippen molar-refractivity contribution in [2.75, 3.05) is 18.0 Å². The van der Waals surface area contributed by atoms with Crippen molar-refractivity contribution in [1.82, 2.24) is 14.9 Å². The van der Waals surface area contributed by atoms with Crippen molar-refractivity contribution in [3.63, 3.8) is 0 Å². The molecule has 2 aliphatic heterocycles. The minimum Gasteiger partial charge on any atom is -0.298 e. The van der Waals surface area contributed by atoms with Crippen molar-refractivity contribution < 1.29 is 0 Å². The molecule has 28 heavy (non-hydrogen) atoms. The van der Waals surface area contributed by atoms with E-state index in [0.29, 0.717) is 0 Å². The van der Waals surface area contributed by atoms with Gasteiger partial charge >= 0.3 is 0 Å². The predicted molar refractivity (Wildman–Crippen MR) is 113 cm³/mol. The molecule has 2 aliphatic rings. The van der Waals surface area contributed by atoms with Crippen LogP contribution in [0.25, 0.3) is 5.70 Å². The first kappa shape index (κ1) is 17.1. The predicted octanol–water partition coefficient (Wildman–Crippen LogP) is 4.81. The van der Waals surface area contributed by atoms with E-state index in [1.54, 1.807) is 0 Å². The van der Waals surface area contributed by atoms with Gasteiger partial charge in [-0.2, -0.15) is 0 Å². The number of para-hydroxylation sites is 1. The first-order chi connectivity index (χ1) is 13.9. The molecule has 5 rings (SSSR count). The van der Waals surface area contributed by atoms with Gasteiger partial charge in [-0.15, -0.1) is 0 Å². The molecule has 0 bridgehead atoms. The molecule has 1 saturated heterocycles. The van der Waals surface area contributed by atoms with E-state index in [2.05, 4.69) is 69.4 Å². The summed E-state index contributed by atoms with van der Waals surface area (Å²) >= 11 is 0. The molecule has 0 atom stereocenters. The first-order valence-corrected chi connectivity index (χ1v) is 10.1. The normalized spacial score (nSPS) is 16.7. The highest BCUT2D eigenvalue weighted by Gasteiger charge is 2.24. The van der Waals surface area contributed by atoms with Gasteiger partial charge in [0.25, 0.3) is 0 Å². The Hall–Kier alpha value is -2.98. The summed E-state index contributed by atoms with van der Waals surface area (Å²) in [6.07, 6.45) is 9.56. The van der Waals surface area contributed by atoms with Crippen molar-refractivity contribution >= 4 is 17.2 Å². The number of likely N-dealkylation sites (tertiary alicyclic amines) is 1. The maximum atomic E-state index is 5.06. The van der Waals surface area contributed by atoms with Crippen molar-refractivity contribution in [2.24, 2.45) is 0 Å². The summed E-state index contributed by atoms with van der Waals surface area (Å²) < 4.78 is 0. The molecule has 0 spiro atoms. The van der Waals surface area contributed by atoms with E-state index in [4.69, 9.17) is 4.98 Å². The van der Waals surface area contributed by atoms with Crippen LogP contribution >= 0.6 is 0 Å². The van der Waals surface area contributed by atoms with Gasteiger partial charge in [0.2, 0.25) is 0 Å². The molecular formula is C24H24N4. The van der Waals surface area contributed by atoms with E-state index in [9.17, 15) is 0 Å². The minimum atomic E-state index is 0.921. The maximum absolute atomic E-state index is 5.06. The summed E-state index contributed by atoms with van der Waals surface area (Å²) in [7, 11) is 0. The number of aromatic nitrogens is 2. The standard InChI is InChI=1S/C24H24N4/c1-2-10-22-19(7-1)12-13-23(20-8-6-14-25-17-20)28(22)24-11-5-9-21(26-24)18-27-15-3-4-16-27/h1-2,5-11,13-14,17H,3-4,12,15-16,18H2. The van der Waals surface area contributed by atoms with Gasteiger partial charge in [0, 0.05) is 24.5 Å². The molecule has 4 nitrogen and oxygen atoms in total. The lowest BCUT2D eigenvalue weighted by atomic mass is 10.00. The zero-order chi connectivity index (χ0) is 18.8. The van der Waals surface area contributed by atoms with Crippen LogP contribution in [-0.2, 0) is 13.0 Å². The van der Waals surface area contributed by atoms with Gasteiger partial charge < -0.3 is 0 Å². The number of pyridine rings is 2. The molecule has 1 aromatic carbocycles. The lowest BCUT2D eigenvalue weighted by Gasteiger charge is -2.32. The number of hydrogen-bond acceptors (Lipinski definition) is 4. The van der Waals surface area contributed by atoms with Gasteiger partial charge in [-0.3, -0.25) is 14.8 Å². The van der Waals surface area contributed by atoms with Crippen LogP contribution < -0.4 is 4.90 Å². The van der Waals surface area contributed by atoms with Gasteiger partial charge in [0.05, 0.1) is 17.1 Å². The highest BCUT2D eigenvalue weighted by molar-refractivity contribution is 5.89. The number of fused-ring (bicyclic) bond motifs is 1. The summed E-state index contributed by atoms with van der Waals surface area (Å²) in [6.45, 7) is 3.29.